The van der Waals surface area contributed by atoms with E-state index in [1.54, 1.807) is 0 Å². The number of nitrogens with one attached hydrogen (secondary N) is 1. The minimum atomic E-state index is -5.64. The Kier molecular flexibility index (Phi) is 4.40. The molecule has 0 heterocycles. The molecule has 0 bridgehead atoms. The minimum absolute atomic E-state index is 0.148. The molecule has 0 radical (unpaired) electrons. The lowest BCUT2D eigenvalue weighted by molar-refractivity contribution is -0.0601. The van der Waals surface area contributed by atoms with Crippen molar-refractivity contribution in [1.29, 1.82) is 0 Å². The lowest BCUT2D eigenvalue weighted by Crippen LogP contribution is -2.45. The number of rotatable bonds is 5. The smallest absolute Gasteiger partial charge is 0.381 e. The molecular weight excluding hydrogens is 326 g/mol. The van der Waals surface area contributed by atoms with Crippen molar-refractivity contribution in [2.45, 2.75) is 35.3 Å². The number of benzene rings is 1. The standard InChI is InChI=1S/C13H15F4NO3S/c1-21-12(5-2-6-12)8-18-10-4-3-9(14)7-11(10)22(19,20)13(15,16)17/h3-4,7,18H,2,5-6,8H2,1H3. The van der Waals surface area contributed by atoms with Gasteiger partial charge < -0.3 is 10.1 Å². The molecule has 0 saturated heterocycles. The van der Waals surface area contributed by atoms with E-state index in [1.807, 2.05) is 0 Å². The summed E-state index contributed by atoms with van der Waals surface area (Å²) in [7, 11) is -4.15. The van der Waals surface area contributed by atoms with Crippen molar-refractivity contribution in [3.63, 3.8) is 0 Å². The summed E-state index contributed by atoms with van der Waals surface area (Å²) in [5.74, 6) is -1.06. The van der Waals surface area contributed by atoms with Crippen molar-refractivity contribution in [1.82, 2.24) is 0 Å². The number of ether oxygens (including phenoxy) is 1. The Labute approximate surface area is 125 Å². The Morgan fingerprint density at radius 2 is 1.95 bits per heavy atom. The molecule has 1 aliphatic rings. The lowest BCUT2D eigenvalue weighted by Gasteiger charge is -2.40. The van der Waals surface area contributed by atoms with Crippen LogP contribution in [0.3, 0.4) is 0 Å². The maximum atomic E-state index is 13.2. The van der Waals surface area contributed by atoms with Crippen molar-refractivity contribution in [2.75, 3.05) is 19.0 Å². The molecule has 0 atom stereocenters. The summed E-state index contributed by atoms with van der Waals surface area (Å²) in [6.07, 6.45) is 2.37. The molecule has 124 valence electrons. The van der Waals surface area contributed by atoms with E-state index in [9.17, 15) is 26.0 Å². The molecule has 1 fully saturated rings. The zero-order chi connectivity index (χ0) is 16.6. The summed E-state index contributed by atoms with van der Waals surface area (Å²) in [4.78, 5) is -1.12. The second-order valence-corrected chi connectivity index (χ2v) is 7.09. The van der Waals surface area contributed by atoms with E-state index in [0.29, 0.717) is 6.07 Å². The average Bonchev–Trinajstić information content (AvgIpc) is 2.38. The van der Waals surface area contributed by atoms with Gasteiger partial charge in [-0.15, -0.1) is 0 Å². The molecule has 0 aromatic heterocycles. The first kappa shape index (κ1) is 17.0. The second-order valence-electron chi connectivity index (χ2n) is 5.18. The van der Waals surface area contributed by atoms with E-state index in [2.05, 4.69) is 5.32 Å². The van der Waals surface area contributed by atoms with E-state index in [1.165, 1.54) is 7.11 Å². The van der Waals surface area contributed by atoms with Crippen LogP contribution in [0.15, 0.2) is 23.1 Å². The molecule has 4 nitrogen and oxygen atoms in total. The van der Waals surface area contributed by atoms with Crippen molar-refractivity contribution in [2.24, 2.45) is 0 Å². The fourth-order valence-corrected chi connectivity index (χ4v) is 3.22. The molecule has 9 heteroatoms. The average molecular weight is 341 g/mol. The third kappa shape index (κ3) is 3.05. The van der Waals surface area contributed by atoms with E-state index in [0.717, 1.165) is 31.4 Å². The third-order valence-electron chi connectivity index (χ3n) is 3.84. The highest BCUT2D eigenvalue weighted by Crippen LogP contribution is 2.38. The largest absolute Gasteiger partial charge is 0.501 e. The predicted octanol–water partition coefficient (Wildman–Crippen LogP) is 3.10. The van der Waals surface area contributed by atoms with Gasteiger partial charge in [-0.1, -0.05) is 0 Å². The van der Waals surface area contributed by atoms with Gasteiger partial charge in [0.25, 0.3) is 9.84 Å². The SMILES string of the molecule is COC1(CNc2ccc(F)cc2S(=O)(=O)C(F)(F)F)CCC1. The van der Waals surface area contributed by atoms with Crippen LogP contribution in [-0.4, -0.2) is 33.2 Å². The monoisotopic (exact) mass is 341 g/mol. The first-order chi connectivity index (χ1) is 10.1. The van der Waals surface area contributed by atoms with Crippen LogP contribution in [0, 0.1) is 5.82 Å². The molecule has 2 rings (SSSR count). The number of hydrogen-bond donors (Lipinski definition) is 1. The fourth-order valence-electron chi connectivity index (χ4n) is 2.27. The van der Waals surface area contributed by atoms with Gasteiger partial charge in [-0.2, -0.15) is 13.2 Å². The van der Waals surface area contributed by atoms with E-state index in [-0.39, 0.29) is 12.2 Å². The molecule has 0 amide bonds. The molecule has 1 aromatic carbocycles. The van der Waals surface area contributed by atoms with Crippen molar-refractivity contribution in [3.05, 3.63) is 24.0 Å². The Bertz CT molecular complexity index is 648. The topological polar surface area (TPSA) is 55.4 Å². The van der Waals surface area contributed by atoms with Gasteiger partial charge in [-0.05, 0) is 37.5 Å². The van der Waals surface area contributed by atoms with Crippen molar-refractivity contribution in [3.8, 4) is 0 Å². The maximum absolute atomic E-state index is 13.2. The fraction of sp³-hybridized carbons (Fsp3) is 0.538. The quantitative estimate of drug-likeness (QED) is 0.836. The van der Waals surface area contributed by atoms with Gasteiger partial charge in [-0.25, -0.2) is 12.8 Å². The Balaban J connectivity index is 2.33. The summed E-state index contributed by atoms with van der Waals surface area (Å²) < 4.78 is 79.6. The molecule has 1 aromatic rings. The van der Waals surface area contributed by atoms with Crippen LogP contribution >= 0.6 is 0 Å². The highest BCUT2D eigenvalue weighted by molar-refractivity contribution is 7.92. The van der Waals surface area contributed by atoms with Crippen LogP contribution in [0.25, 0.3) is 0 Å². The summed E-state index contributed by atoms with van der Waals surface area (Å²) in [5.41, 5.74) is -6.30. The molecule has 1 saturated carbocycles. The molecular formula is C13H15F4NO3S. The first-order valence-electron chi connectivity index (χ1n) is 6.51. The van der Waals surface area contributed by atoms with Crippen LogP contribution in [0.5, 0.6) is 0 Å². The summed E-state index contributed by atoms with van der Waals surface area (Å²) in [5, 5.41) is 2.64. The van der Waals surface area contributed by atoms with Crippen LogP contribution in [0.2, 0.25) is 0 Å². The minimum Gasteiger partial charge on any atom is -0.381 e. The van der Waals surface area contributed by atoms with Gasteiger partial charge in [0.1, 0.15) is 10.7 Å². The summed E-state index contributed by atoms with van der Waals surface area (Å²) >= 11 is 0. The van der Waals surface area contributed by atoms with Crippen LogP contribution in [0.1, 0.15) is 19.3 Å². The first-order valence-corrected chi connectivity index (χ1v) is 8.00. The van der Waals surface area contributed by atoms with Crippen LogP contribution in [-0.2, 0) is 14.6 Å². The second kappa shape index (κ2) is 5.69. The number of halogens is 4. The van der Waals surface area contributed by atoms with Gasteiger partial charge in [-0.3, -0.25) is 0 Å². The van der Waals surface area contributed by atoms with Gasteiger partial charge in [0, 0.05) is 13.7 Å². The zero-order valence-corrected chi connectivity index (χ0v) is 12.5. The van der Waals surface area contributed by atoms with E-state index >= 15 is 0 Å². The van der Waals surface area contributed by atoms with Gasteiger partial charge in [0.15, 0.2) is 0 Å². The highest BCUT2D eigenvalue weighted by atomic mass is 32.2. The zero-order valence-electron chi connectivity index (χ0n) is 11.7. The van der Waals surface area contributed by atoms with Crippen molar-refractivity contribution >= 4 is 15.5 Å². The van der Waals surface area contributed by atoms with Crippen molar-refractivity contribution < 1.29 is 30.7 Å². The number of sulfone groups is 1. The molecule has 0 spiro atoms. The summed E-state index contributed by atoms with van der Waals surface area (Å²) in [6.45, 7) is 0.148. The molecule has 0 aliphatic heterocycles. The van der Waals surface area contributed by atoms with Gasteiger partial charge >= 0.3 is 5.51 Å². The van der Waals surface area contributed by atoms with Crippen LogP contribution in [0.4, 0.5) is 23.2 Å². The third-order valence-corrected chi connectivity index (χ3v) is 5.36. The number of anilines is 1. The van der Waals surface area contributed by atoms with E-state index < -0.39 is 31.7 Å². The lowest BCUT2D eigenvalue weighted by atomic mass is 9.80. The molecule has 22 heavy (non-hydrogen) atoms. The molecule has 1 aliphatic carbocycles. The highest BCUT2D eigenvalue weighted by Gasteiger charge is 2.48. The Morgan fingerprint density at radius 1 is 1.32 bits per heavy atom. The number of alkyl halides is 3. The Morgan fingerprint density at radius 3 is 2.41 bits per heavy atom. The molecule has 0 unspecified atom stereocenters. The van der Waals surface area contributed by atoms with Gasteiger partial charge in [0.05, 0.1) is 11.3 Å². The molecule has 1 N–H and O–H groups in total. The predicted molar refractivity (Wildman–Crippen MR) is 71.7 cm³/mol. The Hall–Kier alpha value is -1.35. The normalized spacial score (nSPS) is 17.9. The van der Waals surface area contributed by atoms with E-state index in [4.69, 9.17) is 4.74 Å². The number of methoxy groups -OCH3 is 1. The summed E-state index contributed by atoms with van der Waals surface area (Å²) in [6, 6.07) is 2.25. The number of hydrogen-bond acceptors (Lipinski definition) is 4. The van der Waals surface area contributed by atoms with Gasteiger partial charge in [0.2, 0.25) is 0 Å². The van der Waals surface area contributed by atoms with Crippen LogP contribution < -0.4 is 5.32 Å². The maximum Gasteiger partial charge on any atom is 0.501 e.